The molecule has 10 heteroatoms. The van der Waals surface area contributed by atoms with E-state index in [2.05, 4.69) is 38.4 Å². The highest BCUT2D eigenvalue weighted by Gasteiger charge is 2.61. The maximum Gasteiger partial charge on any atom is 0.259 e. The van der Waals surface area contributed by atoms with Gasteiger partial charge in [-0.3, -0.25) is 0 Å². The molecule has 2 fully saturated rings. The molecule has 0 N–H and O–H groups in total. The minimum atomic E-state index is -3.41. The third kappa shape index (κ3) is 6.17. The van der Waals surface area contributed by atoms with E-state index in [1.807, 2.05) is 6.07 Å². The molecule has 1 aliphatic carbocycles. The highest BCUT2D eigenvalue weighted by molar-refractivity contribution is 8.78. The number of hydrogen-bond donors (Lipinski definition) is 0. The van der Waals surface area contributed by atoms with Gasteiger partial charge in [-0.25, -0.2) is 13.1 Å². The highest BCUT2D eigenvalue weighted by atomic mass is 33.1. The summed E-state index contributed by atoms with van der Waals surface area (Å²) in [5, 5.41) is 8.78. The molecule has 172 valence electrons. The van der Waals surface area contributed by atoms with Crippen molar-refractivity contribution in [1.29, 1.82) is 5.26 Å². The zero-order valence-electron chi connectivity index (χ0n) is 18.4. The van der Waals surface area contributed by atoms with Crippen LogP contribution in [0.15, 0.2) is 35.2 Å². The number of benzene rings is 1. The summed E-state index contributed by atoms with van der Waals surface area (Å²) in [6, 6.07) is 11.2. The summed E-state index contributed by atoms with van der Waals surface area (Å²) >= 11 is 0. The standard InChI is InChI=1S/C21H31N2O4PS3/c1-16(2)23(17(3)4)28(26-14-8-13-22)27-20-19(29-30-21(20)11-12-21)15-31(24,25)18-9-6-5-7-10-18/h5-7,9-10,16-17,19-20H,8,11-12,14-15H2,1-4H3. The van der Waals surface area contributed by atoms with Gasteiger partial charge in [-0.2, -0.15) is 5.26 Å². The monoisotopic (exact) mass is 502 g/mol. The van der Waals surface area contributed by atoms with Crippen LogP contribution < -0.4 is 0 Å². The van der Waals surface area contributed by atoms with E-state index in [0.717, 1.165) is 12.8 Å². The van der Waals surface area contributed by atoms with Crippen LogP contribution in [0.1, 0.15) is 47.0 Å². The SMILES string of the molecule is CC(C)N(C(C)C)P(OCCC#N)OC1C(CS(=O)(=O)c2ccccc2)SSC12CC2. The van der Waals surface area contributed by atoms with E-state index in [4.69, 9.17) is 14.3 Å². The lowest BCUT2D eigenvalue weighted by molar-refractivity contribution is 0.129. The first-order valence-corrected chi connectivity index (χ1v) is 15.6. The van der Waals surface area contributed by atoms with Crippen LogP contribution in [-0.4, -0.2) is 53.6 Å². The van der Waals surface area contributed by atoms with Gasteiger partial charge in [-0.05, 0) is 52.7 Å². The van der Waals surface area contributed by atoms with Gasteiger partial charge in [0.05, 0.1) is 45.8 Å². The molecule has 2 aliphatic rings. The van der Waals surface area contributed by atoms with E-state index in [9.17, 15) is 8.42 Å². The molecule has 0 bridgehead atoms. The molecule has 3 unspecified atom stereocenters. The van der Waals surface area contributed by atoms with Crippen molar-refractivity contribution < 1.29 is 17.5 Å². The Morgan fingerprint density at radius 2 is 1.87 bits per heavy atom. The number of hydrogen-bond acceptors (Lipinski definition) is 8. The summed E-state index contributed by atoms with van der Waals surface area (Å²) in [6.45, 7) is 8.73. The summed E-state index contributed by atoms with van der Waals surface area (Å²) in [7, 11) is -1.41. The summed E-state index contributed by atoms with van der Waals surface area (Å²) in [4.78, 5) is 0.356. The van der Waals surface area contributed by atoms with E-state index in [1.54, 1.807) is 45.9 Å². The van der Waals surface area contributed by atoms with Crippen LogP contribution in [0, 0.1) is 11.3 Å². The molecule has 6 nitrogen and oxygen atoms in total. The quantitative estimate of drug-likeness (QED) is 0.226. The van der Waals surface area contributed by atoms with Crippen LogP contribution in [0.25, 0.3) is 0 Å². The zero-order chi connectivity index (χ0) is 22.6. The lowest BCUT2D eigenvalue weighted by atomic mass is 10.2. The second-order valence-corrected chi connectivity index (χ2v) is 14.7. The molecule has 1 aliphatic heterocycles. The van der Waals surface area contributed by atoms with Gasteiger partial charge in [0.15, 0.2) is 9.84 Å². The summed E-state index contributed by atoms with van der Waals surface area (Å²) in [6.07, 6.45) is 2.16. The van der Waals surface area contributed by atoms with Crippen molar-refractivity contribution in [3.8, 4) is 6.07 Å². The van der Waals surface area contributed by atoms with Crippen LogP contribution in [0.2, 0.25) is 0 Å². The maximum absolute atomic E-state index is 13.1. The first kappa shape index (κ1) is 25.3. The Morgan fingerprint density at radius 3 is 2.42 bits per heavy atom. The van der Waals surface area contributed by atoms with Crippen LogP contribution in [0.4, 0.5) is 0 Å². The second kappa shape index (κ2) is 10.7. The Kier molecular flexibility index (Phi) is 8.76. The molecule has 1 aromatic carbocycles. The number of nitriles is 1. The number of rotatable bonds is 11. The van der Waals surface area contributed by atoms with Gasteiger partial charge >= 0.3 is 0 Å². The third-order valence-corrected chi connectivity index (χ3v) is 13.2. The normalized spacial score (nSPS) is 23.5. The Morgan fingerprint density at radius 1 is 1.23 bits per heavy atom. The Balaban J connectivity index is 1.81. The van der Waals surface area contributed by atoms with E-state index in [0.29, 0.717) is 17.9 Å². The van der Waals surface area contributed by atoms with E-state index < -0.39 is 18.4 Å². The molecule has 0 radical (unpaired) electrons. The Labute approximate surface area is 195 Å². The van der Waals surface area contributed by atoms with Crippen LogP contribution in [0.5, 0.6) is 0 Å². The van der Waals surface area contributed by atoms with Crippen LogP contribution in [-0.2, 0) is 18.9 Å². The van der Waals surface area contributed by atoms with Crippen molar-refractivity contribution in [3.05, 3.63) is 30.3 Å². The fraction of sp³-hybridized carbons (Fsp3) is 0.667. The molecule has 31 heavy (non-hydrogen) atoms. The van der Waals surface area contributed by atoms with Gasteiger partial charge in [0.25, 0.3) is 8.53 Å². The molecule has 1 heterocycles. The van der Waals surface area contributed by atoms with Gasteiger partial charge in [-0.15, -0.1) is 0 Å². The smallest absolute Gasteiger partial charge is 0.259 e. The summed E-state index contributed by atoms with van der Waals surface area (Å²) in [5.41, 5.74) is 0. The molecule has 1 aromatic rings. The van der Waals surface area contributed by atoms with E-state index in [1.165, 1.54) is 0 Å². The minimum Gasteiger partial charge on any atom is -0.321 e. The highest BCUT2D eigenvalue weighted by Crippen LogP contribution is 2.67. The molecule has 0 amide bonds. The fourth-order valence-electron chi connectivity index (χ4n) is 3.70. The Bertz CT molecular complexity index is 864. The minimum absolute atomic E-state index is 0.0274. The molecule has 1 saturated heterocycles. The molecule has 0 aromatic heterocycles. The predicted octanol–water partition coefficient (Wildman–Crippen LogP) is 5.42. The Hall–Kier alpha value is -0.330. The average Bonchev–Trinajstić information content (AvgIpc) is 3.43. The largest absolute Gasteiger partial charge is 0.321 e. The molecular formula is C21H31N2O4PS3. The van der Waals surface area contributed by atoms with Gasteiger partial charge < -0.3 is 9.05 Å². The molecule has 1 saturated carbocycles. The van der Waals surface area contributed by atoms with Crippen molar-refractivity contribution >= 4 is 40.0 Å². The average molecular weight is 503 g/mol. The maximum atomic E-state index is 13.1. The molecule has 1 spiro atoms. The van der Waals surface area contributed by atoms with E-state index in [-0.39, 0.29) is 33.9 Å². The van der Waals surface area contributed by atoms with Gasteiger partial charge in [-0.1, -0.05) is 39.8 Å². The van der Waals surface area contributed by atoms with Gasteiger partial charge in [0.2, 0.25) is 0 Å². The van der Waals surface area contributed by atoms with Gasteiger partial charge in [0, 0.05) is 12.1 Å². The first-order valence-electron chi connectivity index (χ1n) is 10.6. The fourth-order valence-corrected chi connectivity index (χ4v) is 11.8. The van der Waals surface area contributed by atoms with Crippen LogP contribution >= 0.6 is 30.1 Å². The first-order chi connectivity index (χ1) is 14.7. The van der Waals surface area contributed by atoms with Crippen molar-refractivity contribution in [3.63, 3.8) is 0 Å². The topological polar surface area (TPSA) is 79.6 Å². The van der Waals surface area contributed by atoms with Gasteiger partial charge in [0.1, 0.15) is 0 Å². The lowest BCUT2D eigenvalue weighted by Gasteiger charge is -2.38. The van der Waals surface area contributed by atoms with Crippen molar-refractivity contribution in [2.45, 2.75) is 80.0 Å². The van der Waals surface area contributed by atoms with Crippen molar-refractivity contribution in [2.24, 2.45) is 0 Å². The number of sulfone groups is 1. The number of nitrogens with zero attached hydrogens (tertiary/aromatic N) is 2. The zero-order valence-corrected chi connectivity index (χ0v) is 21.8. The van der Waals surface area contributed by atoms with Crippen LogP contribution in [0.3, 0.4) is 0 Å². The molecule has 3 atom stereocenters. The molecule has 3 rings (SSSR count). The third-order valence-electron chi connectivity index (χ3n) is 5.29. The molecular weight excluding hydrogens is 471 g/mol. The van der Waals surface area contributed by atoms with E-state index >= 15 is 0 Å². The second-order valence-electron chi connectivity index (χ2n) is 8.45. The van der Waals surface area contributed by atoms with Crippen molar-refractivity contribution in [1.82, 2.24) is 4.67 Å². The van der Waals surface area contributed by atoms with Crippen molar-refractivity contribution in [2.75, 3.05) is 12.4 Å². The summed E-state index contributed by atoms with van der Waals surface area (Å²) in [5.74, 6) is 0.0474. The lowest BCUT2D eigenvalue weighted by Crippen LogP contribution is -2.40. The summed E-state index contributed by atoms with van der Waals surface area (Å²) < 4.78 is 41.1. The predicted molar refractivity (Wildman–Crippen MR) is 130 cm³/mol.